The van der Waals surface area contributed by atoms with Crippen molar-refractivity contribution in [1.82, 2.24) is 10.3 Å². The normalized spacial score (nSPS) is 11.8. The first-order chi connectivity index (χ1) is 9.66. The Bertz CT molecular complexity index is 602. The van der Waals surface area contributed by atoms with E-state index in [0.29, 0.717) is 18.5 Å². The standard InChI is InChI=1S/C15H17N3O2/c16-13(11-4-2-1-3-5-11)8-9-17-15(20)12-6-7-14(19)18-10-12/h1-7,10,13H,8-9,16H2,(H,17,20)(H,18,19). The number of pyridine rings is 1. The van der Waals surface area contributed by atoms with Crippen LogP contribution in [0, 0.1) is 0 Å². The summed E-state index contributed by atoms with van der Waals surface area (Å²) in [6.45, 7) is 0.480. The Morgan fingerprint density at radius 1 is 1.20 bits per heavy atom. The van der Waals surface area contributed by atoms with E-state index in [-0.39, 0.29) is 17.5 Å². The fourth-order valence-corrected chi connectivity index (χ4v) is 1.86. The summed E-state index contributed by atoms with van der Waals surface area (Å²) in [7, 11) is 0. The minimum atomic E-state index is -0.229. The Labute approximate surface area is 116 Å². The van der Waals surface area contributed by atoms with Gasteiger partial charge in [-0.1, -0.05) is 30.3 Å². The van der Waals surface area contributed by atoms with Gasteiger partial charge in [-0.15, -0.1) is 0 Å². The number of amides is 1. The maximum atomic E-state index is 11.8. The van der Waals surface area contributed by atoms with Crippen molar-refractivity contribution < 1.29 is 4.79 Å². The minimum Gasteiger partial charge on any atom is -0.352 e. The zero-order valence-corrected chi connectivity index (χ0v) is 11.0. The van der Waals surface area contributed by atoms with Gasteiger partial charge in [-0.2, -0.15) is 0 Å². The smallest absolute Gasteiger partial charge is 0.252 e. The lowest BCUT2D eigenvalue weighted by atomic mass is 10.1. The number of benzene rings is 1. The lowest BCUT2D eigenvalue weighted by Gasteiger charge is -2.12. The van der Waals surface area contributed by atoms with Crippen LogP contribution in [0.2, 0.25) is 0 Å². The van der Waals surface area contributed by atoms with Crippen molar-refractivity contribution in [2.45, 2.75) is 12.5 Å². The summed E-state index contributed by atoms with van der Waals surface area (Å²) in [6.07, 6.45) is 2.05. The van der Waals surface area contributed by atoms with Crippen LogP contribution in [0.4, 0.5) is 0 Å². The molecule has 1 aromatic heterocycles. The third-order valence-electron chi connectivity index (χ3n) is 3.02. The first-order valence-corrected chi connectivity index (χ1v) is 6.44. The number of hydrogen-bond donors (Lipinski definition) is 3. The van der Waals surface area contributed by atoms with Crippen LogP contribution < -0.4 is 16.6 Å². The fourth-order valence-electron chi connectivity index (χ4n) is 1.86. The van der Waals surface area contributed by atoms with Gasteiger partial charge >= 0.3 is 0 Å². The zero-order valence-electron chi connectivity index (χ0n) is 11.0. The van der Waals surface area contributed by atoms with Gasteiger partial charge in [0.25, 0.3) is 5.91 Å². The molecule has 2 aromatic rings. The molecule has 1 aromatic carbocycles. The highest BCUT2D eigenvalue weighted by Gasteiger charge is 2.08. The number of nitrogens with two attached hydrogens (primary N) is 1. The summed E-state index contributed by atoms with van der Waals surface area (Å²) in [6, 6.07) is 12.5. The van der Waals surface area contributed by atoms with Crippen LogP contribution in [0.1, 0.15) is 28.4 Å². The van der Waals surface area contributed by atoms with Gasteiger partial charge in [0.1, 0.15) is 0 Å². The fraction of sp³-hybridized carbons (Fsp3) is 0.200. The molecule has 0 aliphatic carbocycles. The lowest BCUT2D eigenvalue weighted by Crippen LogP contribution is -2.27. The number of nitrogens with one attached hydrogen (secondary N) is 2. The summed E-state index contributed by atoms with van der Waals surface area (Å²) in [5.74, 6) is -0.221. The highest BCUT2D eigenvalue weighted by Crippen LogP contribution is 2.12. The predicted molar refractivity (Wildman–Crippen MR) is 77.4 cm³/mol. The topological polar surface area (TPSA) is 88.0 Å². The minimum absolute atomic E-state index is 0.105. The van der Waals surface area contributed by atoms with E-state index < -0.39 is 0 Å². The Balaban J connectivity index is 1.82. The number of carbonyl (C=O) groups excluding carboxylic acids is 1. The molecule has 0 bridgehead atoms. The van der Waals surface area contributed by atoms with E-state index >= 15 is 0 Å². The summed E-state index contributed by atoms with van der Waals surface area (Å²) < 4.78 is 0. The van der Waals surface area contributed by atoms with Crippen LogP contribution in [0.5, 0.6) is 0 Å². The molecule has 5 heteroatoms. The predicted octanol–water partition coefficient (Wildman–Crippen LogP) is 1.19. The van der Waals surface area contributed by atoms with Crippen LogP contribution in [-0.2, 0) is 0 Å². The number of H-pyrrole nitrogens is 1. The third-order valence-corrected chi connectivity index (χ3v) is 3.02. The van der Waals surface area contributed by atoms with Gasteiger partial charge < -0.3 is 16.0 Å². The number of carbonyl (C=O) groups is 1. The first-order valence-electron chi connectivity index (χ1n) is 6.44. The monoisotopic (exact) mass is 271 g/mol. The Morgan fingerprint density at radius 3 is 2.60 bits per heavy atom. The molecule has 5 nitrogen and oxygen atoms in total. The molecule has 1 heterocycles. The van der Waals surface area contributed by atoms with E-state index in [2.05, 4.69) is 10.3 Å². The van der Waals surface area contributed by atoms with Crippen LogP contribution in [-0.4, -0.2) is 17.4 Å². The molecular formula is C15H17N3O2. The average molecular weight is 271 g/mol. The molecule has 0 saturated carbocycles. The van der Waals surface area contributed by atoms with E-state index in [9.17, 15) is 9.59 Å². The second-order valence-corrected chi connectivity index (χ2v) is 4.50. The van der Waals surface area contributed by atoms with Gasteiger partial charge in [0.05, 0.1) is 5.56 Å². The Kier molecular flexibility index (Phi) is 4.68. The molecule has 0 aliphatic rings. The van der Waals surface area contributed by atoms with Gasteiger partial charge in [-0.05, 0) is 18.1 Å². The second kappa shape index (κ2) is 6.68. The highest BCUT2D eigenvalue weighted by molar-refractivity contribution is 5.93. The summed E-state index contributed by atoms with van der Waals surface area (Å²) >= 11 is 0. The molecule has 1 atom stereocenters. The highest BCUT2D eigenvalue weighted by atomic mass is 16.1. The molecule has 1 amide bonds. The van der Waals surface area contributed by atoms with E-state index in [0.717, 1.165) is 5.56 Å². The van der Waals surface area contributed by atoms with Crippen molar-refractivity contribution in [3.8, 4) is 0 Å². The molecule has 0 saturated heterocycles. The van der Waals surface area contributed by atoms with Gasteiger partial charge in [-0.25, -0.2) is 0 Å². The van der Waals surface area contributed by atoms with Crippen molar-refractivity contribution in [1.29, 1.82) is 0 Å². The van der Waals surface area contributed by atoms with Crippen LogP contribution in [0.25, 0.3) is 0 Å². The molecule has 0 aliphatic heterocycles. The second-order valence-electron chi connectivity index (χ2n) is 4.50. The summed E-state index contributed by atoms with van der Waals surface area (Å²) in [5.41, 5.74) is 7.29. The molecule has 20 heavy (non-hydrogen) atoms. The van der Waals surface area contributed by atoms with Gasteiger partial charge in [0, 0.05) is 24.8 Å². The number of aromatic nitrogens is 1. The Hall–Kier alpha value is -2.40. The van der Waals surface area contributed by atoms with E-state index in [1.54, 1.807) is 0 Å². The maximum absolute atomic E-state index is 11.8. The van der Waals surface area contributed by atoms with Crippen molar-refractivity contribution >= 4 is 5.91 Å². The number of aromatic amines is 1. The van der Waals surface area contributed by atoms with E-state index in [1.165, 1.54) is 18.3 Å². The van der Waals surface area contributed by atoms with Gasteiger partial charge in [0.2, 0.25) is 5.56 Å². The quantitative estimate of drug-likeness (QED) is 0.763. The number of hydrogen-bond acceptors (Lipinski definition) is 3. The average Bonchev–Trinajstić information content (AvgIpc) is 2.48. The largest absolute Gasteiger partial charge is 0.352 e. The van der Waals surface area contributed by atoms with Crippen molar-refractivity contribution in [2.24, 2.45) is 5.73 Å². The SMILES string of the molecule is NC(CCNC(=O)c1ccc(=O)[nH]c1)c1ccccc1. The van der Waals surface area contributed by atoms with E-state index in [4.69, 9.17) is 5.73 Å². The van der Waals surface area contributed by atoms with E-state index in [1.807, 2.05) is 30.3 Å². The Morgan fingerprint density at radius 2 is 1.95 bits per heavy atom. The molecule has 0 radical (unpaired) electrons. The number of rotatable bonds is 5. The summed E-state index contributed by atoms with van der Waals surface area (Å²) in [4.78, 5) is 25.2. The van der Waals surface area contributed by atoms with Crippen LogP contribution in [0.3, 0.4) is 0 Å². The third kappa shape index (κ3) is 3.80. The molecule has 0 spiro atoms. The summed E-state index contributed by atoms with van der Waals surface area (Å²) in [5, 5.41) is 2.78. The molecule has 4 N–H and O–H groups in total. The van der Waals surface area contributed by atoms with Gasteiger partial charge in [-0.3, -0.25) is 9.59 Å². The zero-order chi connectivity index (χ0) is 14.4. The first kappa shape index (κ1) is 14.0. The molecule has 2 rings (SSSR count). The molecular weight excluding hydrogens is 254 g/mol. The van der Waals surface area contributed by atoms with Gasteiger partial charge in [0.15, 0.2) is 0 Å². The van der Waals surface area contributed by atoms with Crippen molar-refractivity contribution in [2.75, 3.05) is 6.54 Å². The molecule has 1 unspecified atom stereocenters. The van der Waals surface area contributed by atoms with Crippen molar-refractivity contribution in [3.05, 3.63) is 70.1 Å². The maximum Gasteiger partial charge on any atom is 0.252 e. The molecule has 104 valence electrons. The van der Waals surface area contributed by atoms with Crippen LogP contribution in [0.15, 0.2) is 53.5 Å². The molecule has 0 fully saturated rings. The van der Waals surface area contributed by atoms with Crippen molar-refractivity contribution in [3.63, 3.8) is 0 Å². The van der Waals surface area contributed by atoms with Crippen LogP contribution >= 0.6 is 0 Å². The lowest BCUT2D eigenvalue weighted by molar-refractivity contribution is 0.0952.